The minimum absolute atomic E-state index is 0.106. The van der Waals surface area contributed by atoms with Crippen molar-refractivity contribution < 1.29 is 24.0 Å². The monoisotopic (exact) mass is 404 g/mol. The minimum atomic E-state index is -0.398. The molecule has 0 aromatic heterocycles. The summed E-state index contributed by atoms with van der Waals surface area (Å²) >= 11 is 1.30. The highest BCUT2D eigenvalue weighted by atomic mass is 32.2. The van der Waals surface area contributed by atoms with Crippen LogP contribution in [-0.4, -0.2) is 45.4 Å². The van der Waals surface area contributed by atoms with E-state index >= 15 is 0 Å². The lowest BCUT2D eigenvalue weighted by molar-refractivity contribution is -0.885. The van der Waals surface area contributed by atoms with Crippen LogP contribution >= 0.6 is 11.8 Å². The lowest BCUT2D eigenvalue weighted by Gasteiger charge is -2.16. The number of methoxy groups -OCH3 is 2. The summed E-state index contributed by atoms with van der Waals surface area (Å²) in [5.74, 6) is 0.997. The molecule has 1 unspecified atom stereocenters. The number of quaternary nitrogens is 1. The Morgan fingerprint density at radius 3 is 2.50 bits per heavy atom. The fourth-order valence-electron chi connectivity index (χ4n) is 2.71. The molecule has 150 valence electrons. The zero-order chi connectivity index (χ0) is 20.5. The Morgan fingerprint density at radius 2 is 1.82 bits per heavy atom. The van der Waals surface area contributed by atoms with Gasteiger partial charge in [-0.05, 0) is 30.3 Å². The van der Waals surface area contributed by atoms with Crippen LogP contribution in [0.2, 0.25) is 0 Å². The molecule has 2 aromatic carbocycles. The van der Waals surface area contributed by atoms with E-state index in [1.165, 1.54) is 11.8 Å². The van der Waals surface area contributed by atoms with Crippen molar-refractivity contribution in [1.82, 2.24) is 0 Å². The summed E-state index contributed by atoms with van der Waals surface area (Å²) in [6.07, 6.45) is 0. The summed E-state index contributed by atoms with van der Waals surface area (Å²) in [5.41, 5.74) is 6.92. The van der Waals surface area contributed by atoms with E-state index < -0.39 is 5.91 Å². The van der Waals surface area contributed by atoms with Gasteiger partial charge in [-0.3, -0.25) is 9.59 Å². The molecule has 0 spiro atoms. The first kappa shape index (κ1) is 21.6. The minimum Gasteiger partial charge on any atom is -0.493 e. The summed E-state index contributed by atoms with van der Waals surface area (Å²) in [5, 5.41) is 2.91. The number of rotatable bonds is 10. The van der Waals surface area contributed by atoms with E-state index in [2.05, 4.69) is 5.32 Å². The third-order valence-corrected chi connectivity index (χ3v) is 5.04. The molecule has 28 heavy (non-hydrogen) atoms. The maximum absolute atomic E-state index is 12.4. The van der Waals surface area contributed by atoms with Gasteiger partial charge < -0.3 is 25.4 Å². The molecule has 8 heteroatoms. The molecule has 2 aromatic rings. The molecule has 1 atom stereocenters. The Morgan fingerprint density at radius 1 is 1.11 bits per heavy atom. The molecule has 0 fully saturated rings. The summed E-state index contributed by atoms with van der Waals surface area (Å²) in [7, 11) is 5.14. The Labute approximate surface area is 169 Å². The molecular weight excluding hydrogens is 378 g/mol. The van der Waals surface area contributed by atoms with Crippen LogP contribution in [0, 0.1) is 0 Å². The molecule has 0 aliphatic heterocycles. The largest absolute Gasteiger partial charge is 0.493 e. The van der Waals surface area contributed by atoms with Crippen molar-refractivity contribution in [2.75, 3.05) is 38.9 Å². The Kier molecular flexibility index (Phi) is 8.16. The van der Waals surface area contributed by atoms with Crippen molar-refractivity contribution in [3.8, 4) is 11.5 Å². The van der Waals surface area contributed by atoms with E-state index in [1.807, 2.05) is 49.5 Å². The number of para-hydroxylation sites is 1. The van der Waals surface area contributed by atoms with Gasteiger partial charge in [0, 0.05) is 10.5 Å². The zero-order valence-electron chi connectivity index (χ0n) is 16.3. The molecule has 0 saturated heterocycles. The van der Waals surface area contributed by atoms with Crippen molar-refractivity contribution in [1.29, 1.82) is 0 Å². The van der Waals surface area contributed by atoms with Crippen LogP contribution in [0.1, 0.15) is 5.56 Å². The summed E-state index contributed by atoms with van der Waals surface area (Å²) in [4.78, 5) is 25.3. The number of likely N-dealkylation sites (N-methyl/N-ethyl adjacent to an activating group) is 1. The number of carbonyl (C=O) groups is 2. The lowest BCUT2D eigenvalue weighted by Crippen LogP contribution is -3.08. The molecular formula is C20H26N3O4S+. The van der Waals surface area contributed by atoms with Crippen molar-refractivity contribution >= 4 is 29.3 Å². The lowest BCUT2D eigenvalue weighted by atomic mass is 10.2. The van der Waals surface area contributed by atoms with Gasteiger partial charge in [-0.25, -0.2) is 0 Å². The second-order valence-corrected chi connectivity index (χ2v) is 7.32. The predicted molar refractivity (Wildman–Crippen MR) is 110 cm³/mol. The quantitative estimate of drug-likeness (QED) is 0.512. The highest BCUT2D eigenvalue weighted by Gasteiger charge is 2.14. The number of thioether (sulfide) groups is 1. The maximum Gasteiger partial charge on any atom is 0.279 e. The fourth-order valence-corrected chi connectivity index (χ4v) is 3.46. The van der Waals surface area contributed by atoms with Crippen molar-refractivity contribution in [2.24, 2.45) is 5.73 Å². The number of hydrogen-bond donors (Lipinski definition) is 3. The summed E-state index contributed by atoms with van der Waals surface area (Å²) in [6.45, 7) is 0.953. The normalized spacial score (nSPS) is 11.5. The topological polar surface area (TPSA) is 95.1 Å². The number of primary amides is 1. The molecule has 0 radical (unpaired) electrons. The number of ether oxygens (including phenoxy) is 2. The molecule has 0 saturated carbocycles. The number of hydrogen-bond acceptors (Lipinski definition) is 5. The van der Waals surface area contributed by atoms with Crippen LogP contribution in [0.5, 0.6) is 11.5 Å². The van der Waals surface area contributed by atoms with Gasteiger partial charge in [0.2, 0.25) is 5.91 Å². The average molecular weight is 405 g/mol. The van der Waals surface area contributed by atoms with Gasteiger partial charge in [-0.2, -0.15) is 0 Å². The Bertz CT molecular complexity index is 829. The standard InChI is InChI=1S/C20H25N3O4S/c1-23(11-14-8-9-16(26-2)17(10-14)27-3)12-20(25)22-15-6-4-5-7-18(15)28-13-19(21)24/h4-10H,11-13H2,1-3H3,(H2,21,24)(H,22,25)/p+1. The summed E-state index contributed by atoms with van der Waals surface area (Å²) < 4.78 is 10.6. The highest BCUT2D eigenvalue weighted by molar-refractivity contribution is 8.00. The SMILES string of the molecule is COc1ccc(C[NH+](C)CC(=O)Nc2ccccc2SCC(N)=O)cc1OC. The first-order valence-electron chi connectivity index (χ1n) is 8.75. The van der Waals surface area contributed by atoms with Gasteiger partial charge in [0.1, 0.15) is 6.54 Å². The second kappa shape index (κ2) is 10.6. The number of amides is 2. The number of nitrogens with one attached hydrogen (secondary N) is 2. The third-order valence-electron chi connectivity index (χ3n) is 3.95. The van der Waals surface area contributed by atoms with E-state index in [-0.39, 0.29) is 11.7 Å². The van der Waals surface area contributed by atoms with Crippen LogP contribution in [0.25, 0.3) is 0 Å². The van der Waals surface area contributed by atoms with Crippen LogP contribution in [0.15, 0.2) is 47.4 Å². The smallest absolute Gasteiger partial charge is 0.279 e. The fraction of sp³-hybridized carbons (Fsp3) is 0.300. The Hall–Kier alpha value is -2.71. The van der Waals surface area contributed by atoms with Crippen LogP contribution in [0.3, 0.4) is 0 Å². The molecule has 0 aliphatic carbocycles. The molecule has 7 nitrogen and oxygen atoms in total. The van der Waals surface area contributed by atoms with Gasteiger partial charge in [0.05, 0.1) is 32.7 Å². The molecule has 0 bridgehead atoms. The molecule has 0 aliphatic rings. The highest BCUT2D eigenvalue weighted by Crippen LogP contribution is 2.27. The number of nitrogens with two attached hydrogens (primary N) is 1. The first-order chi connectivity index (χ1) is 13.4. The number of carbonyl (C=O) groups excluding carboxylic acids is 2. The van der Waals surface area contributed by atoms with Gasteiger partial charge in [-0.15, -0.1) is 11.8 Å². The molecule has 2 amide bonds. The van der Waals surface area contributed by atoms with Crippen molar-refractivity contribution in [3.63, 3.8) is 0 Å². The van der Waals surface area contributed by atoms with Gasteiger partial charge in [0.15, 0.2) is 18.0 Å². The molecule has 4 N–H and O–H groups in total. The Balaban J connectivity index is 1.95. The van der Waals surface area contributed by atoms with E-state index in [4.69, 9.17) is 15.2 Å². The molecule has 0 heterocycles. The maximum atomic E-state index is 12.4. The van der Waals surface area contributed by atoms with Crippen molar-refractivity contribution in [3.05, 3.63) is 48.0 Å². The predicted octanol–water partition coefficient (Wildman–Crippen LogP) is 0.935. The zero-order valence-corrected chi connectivity index (χ0v) is 17.1. The second-order valence-electron chi connectivity index (χ2n) is 6.30. The van der Waals surface area contributed by atoms with E-state index in [0.717, 1.165) is 15.4 Å². The van der Waals surface area contributed by atoms with E-state index in [1.54, 1.807) is 14.2 Å². The van der Waals surface area contributed by atoms with Crippen LogP contribution in [-0.2, 0) is 16.1 Å². The number of benzene rings is 2. The average Bonchev–Trinajstić information content (AvgIpc) is 2.66. The van der Waals surface area contributed by atoms with Gasteiger partial charge in [-0.1, -0.05) is 12.1 Å². The van der Waals surface area contributed by atoms with Crippen molar-refractivity contribution in [2.45, 2.75) is 11.4 Å². The first-order valence-corrected chi connectivity index (χ1v) is 9.73. The van der Waals surface area contributed by atoms with Gasteiger partial charge in [0.25, 0.3) is 5.91 Å². The van der Waals surface area contributed by atoms with Crippen LogP contribution in [0.4, 0.5) is 5.69 Å². The van der Waals surface area contributed by atoms with E-state index in [9.17, 15) is 9.59 Å². The van der Waals surface area contributed by atoms with Gasteiger partial charge >= 0.3 is 0 Å². The molecule has 2 rings (SSSR count). The third kappa shape index (κ3) is 6.47. The van der Waals surface area contributed by atoms with E-state index in [0.29, 0.717) is 30.3 Å². The summed E-state index contributed by atoms with van der Waals surface area (Å²) in [6, 6.07) is 13.1. The van der Waals surface area contributed by atoms with Crippen LogP contribution < -0.4 is 25.4 Å². The number of anilines is 1.